The lowest BCUT2D eigenvalue weighted by Gasteiger charge is -2.25. The highest BCUT2D eigenvalue weighted by Gasteiger charge is 2.30. The molecule has 0 unspecified atom stereocenters. The van der Waals surface area contributed by atoms with E-state index in [0.29, 0.717) is 18.8 Å². The highest BCUT2D eigenvalue weighted by Crippen LogP contribution is 2.36. The summed E-state index contributed by atoms with van der Waals surface area (Å²) in [6.07, 6.45) is 4.57. The fourth-order valence-corrected chi connectivity index (χ4v) is 4.73. The number of hydrogen-bond acceptors (Lipinski definition) is 5. The van der Waals surface area contributed by atoms with Crippen molar-refractivity contribution in [3.63, 3.8) is 0 Å². The van der Waals surface area contributed by atoms with Crippen molar-refractivity contribution >= 4 is 32.9 Å². The molecule has 0 amide bonds. The van der Waals surface area contributed by atoms with E-state index in [-0.39, 0.29) is 27.1 Å². The Morgan fingerprint density at radius 3 is 2.35 bits per heavy atom. The second-order valence-corrected chi connectivity index (χ2v) is 8.94. The van der Waals surface area contributed by atoms with E-state index in [1.165, 1.54) is 16.4 Å². The van der Waals surface area contributed by atoms with Crippen LogP contribution in [0.5, 0.6) is 0 Å². The molecule has 0 bridgehead atoms. The Hall–Kier alpha value is -1.95. The molecular weight excluding hydrogens is 370 g/mol. The summed E-state index contributed by atoms with van der Waals surface area (Å²) in [6, 6.07) is 8.25. The van der Waals surface area contributed by atoms with Crippen LogP contribution in [0.1, 0.15) is 32.1 Å². The first kappa shape index (κ1) is 18.8. The van der Waals surface area contributed by atoms with E-state index in [4.69, 9.17) is 12.2 Å². The Bertz CT molecular complexity index is 860. The van der Waals surface area contributed by atoms with Crippen LogP contribution < -0.4 is 5.32 Å². The molecule has 1 aliphatic carbocycles. The van der Waals surface area contributed by atoms with Crippen molar-refractivity contribution in [1.82, 2.24) is 4.31 Å². The van der Waals surface area contributed by atoms with Crippen molar-refractivity contribution < 1.29 is 13.5 Å². The molecule has 3 rings (SSSR count). The average Bonchev–Trinajstić information content (AvgIpc) is 3.48. The second kappa shape index (κ2) is 7.74. The zero-order valence-electron chi connectivity index (χ0n) is 14.3. The zero-order chi connectivity index (χ0) is 18.7. The molecule has 0 spiro atoms. The highest BCUT2D eigenvalue weighted by molar-refractivity contribution is 7.89. The van der Waals surface area contributed by atoms with E-state index in [1.54, 1.807) is 12.1 Å². The molecule has 6 nitrogen and oxygen atoms in total. The molecule has 2 N–H and O–H groups in total. The van der Waals surface area contributed by atoms with Gasteiger partial charge in [-0.2, -0.15) is 9.57 Å². The first-order valence-corrected chi connectivity index (χ1v) is 10.5. The normalized spacial score (nSPS) is 19.3. The first-order valence-electron chi connectivity index (χ1n) is 8.68. The molecular formula is C18H21N3O3S2. The number of nitrogens with one attached hydrogen (secondary N) is 1. The fourth-order valence-electron chi connectivity index (χ4n) is 2.94. The second-order valence-electron chi connectivity index (χ2n) is 6.59. The molecule has 138 valence electrons. The Morgan fingerprint density at radius 2 is 1.81 bits per heavy atom. The van der Waals surface area contributed by atoms with Gasteiger partial charge in [-0.3, -0.25) is 0 Å². The number of nitriles is 1. The van der Waals surface area contributed by atoms with Crippen molar-refractivity contribution in [2.45, 2.75) is 37.0 Å². The third-order valence-electron chi connectivity index (χ3n) is 4.62. The molecule has 0 atom stereocenters. The van der Waals surface area contributed by atoms with Crippen LogP contribution >= 0.6 is 12.2 Å². The van der Waals surface area contributed by atoms with Gasteiger partial charge in [0.15, 0.2) is 0 Å². The Labute approximate surface area is 159 Å². The number of aliphatic hydroxyl groups excluding tert-OH is 1. The summed E-state index contributed by atoms with van der Waals surface area (Å²) in [5, 5.41) is 22.2. The molecule has 1 aliphatic heterocycles. The monoisotopic (exact) mass is 391 g/mol. The van der Waals surface area contributed by atoms with Crippen LogP contribution in [0.4, 0.5) is 5.69 Å². The SMILES string of the molecule is N#CC(C(=S)Nc1ccc(S(=O)(=O)N2CCCCC2)cc1)=C(O)C1CC1. The average molecular weight is 392 g/mol. The van der Waals surface area contributed by atoms with Gasteiger partial charge in [0, 0.05) is 24.7 Å². The van der Waals surface area contributed by atoms with E-state index in [2.05, 4.69) is 5.32 Å². The predicted octanol–water partition coefficient (Wildman–Crippen LogP) is 3.35. The van der Waals surface area contributed by atoms with Gasteiger partial charge in [0.05, 0.1) is 4.90 Å². The van der Waals surface area contributed by atoms with Crippen molar-refractivity contribution in [2.75, 3.05) is 18.4 Å². The van der Waals surface area contributed by atoms with Crippen LogP contribution in [-0.2, 0) is 10.0 Å². The smallest absolute Gasteiger partial charge is 0.243 e. The fraction of sp³-hybridized carbons (Fsp3) is 0.444. The standard InChI is InChI=1S/C18H21N3O3S2/c19-12-16(17(22)13-4-5-13)18(25)20-14-6-8-15(9-7-14)26(23,24)21-10-2-1-3-11-21/h6-9,13,22H,1-5,10-11H2,(H,20,25). The van der Waals surface area contributed by atoms with Gasteiger partial charge in [-0.05, 0) is 49.9 Å². The maximum atomic E-state index is 12.6. The third kappa shape index (κ3) is 4.06. The van der Waals surface area contributed by atoms with Crippen molar-refractivity contribution in [3.05, 3.63) is 35.6 Å². The van der Waals surface area contributed by atoms with Gasteiger partial charge in [0.1, 0.15) is 22.4 Å². The van der Waals surface area contributed by atoms with Gasteiger partial charge in [0.2, 0.25) is 10.0 Å². The molecule has 8 heteroatoms. The molecule has 0 radical (unpaired) electrons. The quantitative estimate of drug-likeness (QED) is 0.346. The lowest BCUT2D eigenvalue weighted by Crippen LogP contribution is -2.35. The summed E-state index contributed by atoms with van der Waals surface area (Å²) in [6.45, 7) is 1.12. The molecule has 1 heterocycles. The summed E-state index contributed by atoms with van der Waals surface area (Å²) in [5.74, 6) is 0.0655. The molecule has 1 aromatic rings. The van der Waals surface area contributed by atoms with Crippen molar-refractivity contribution in [1.29, 1.82) is 5.26 Å². The van der Waals surface area contributed by atoms with Gasteiger partial charge in [0.25, 0.3) is 0 Å². The van der Waals surface area contributed by atoms with Crippen molar-refractivity contribution in [2.24, 2.45) is 5.92 Å². The van der Waals surface area contributed by atoms with Gasteiger partial charge in [-0.1, -0.05) is 18.6 Å². The lowest BCUT2D eigenvalue weighted by molar-refractivity contribution is 0.346. The first-order chi connectivity index (χ1) is 12.4. The third-order valence-corrected chi connectivity index (χ3v) is 6.84. The maximum absolute atomic E-state index is 12.6. The molecule has 26 heavy (non-hydrogen) atoms. The van der Waals surface area contributed by atoms with Crippen LogP contribution in [0.25, 0.3) is 0 Å². The minimum absolute atomic E-state index is 0.0291. The van der Waals surface area contributed by atoms with Crippen LogP contribution in [0.2, 0.25) is 0 Å². The molecule has 1 saturated carbocycles. The van der Waals surface area contributed by atoms with E-state index < -0.39 is 10.0 Å². The van der Waals surface area contributed by atoms with E-state index in [1.807, 2.05) is 6.07 Å². The number of benzene rings is 1. The number of sulfonamides is 1. The van der Waals surface area contributed by atoms with Crippen molar-refractivity contribution in [3.8, 4) is 6.07 Å². The number of rotatable bonds is 5. The summed E-state index contributed by atoms with van der Waals surface area (Å²) in [4.78, 5) is 0.385. The largest absolute Gasteiger partial charge is 0.511 e. The highest BCUT2D eigenvalue weighted by atomic mass is 32.2. The summed E-state index contributed by atoms with van der Waals surface area (Å²) < 4.78 is 26.8. The van der Waals surface area contributed by atoms with Gasteiger partial charge in [-0.15, -0.1) is 0 Å². The van der Waals surface area contributed by atoms with Crippen LogP contribution in [0.15, 0.2) is 40.5 Å². The number of aliphatic hydroxyl groups is 1. The summed E-state index contributed by atoms with van der Waals surface area (Å²) in [5.41, 5.74) is 0.649. The van der Waals surface area contributed by atoms with Gasteiger partial charge >= 0.3 is 0 Å². The molecule has 0 aromatic heterocycles. The number of piperidine rings is 1. The Morgan fingerprint density at radius 1 is 1.19 bits per heavy atom. The zero-order valence-corrected chi connectivity index (χ0v) is 15.9. The molecule has 1 aromatic carbocycles. The minimum Gasteiger partial charge on any atom is -0.511 e. The van der Waals surface area contributed by atoms with Crippen LogP contribution in [0.3, 0.4) is 0 Å². The molecule has 2 aliphatic rings. The number of hydrogen-bond donors (Lipinski definition) is 2. The topological polar surface area (TPSA) is 93.4 Å². The molecule has 2 fully saturated rings. The predicted molar refractivity (Wildman–Crippen MR) is 103 cm³/mol. The van der Waals surface area contributed by atoms with Gasteiger partial charge < -0.3 is 10.4 Å². The summed E-state index contributed by atoms with van der Waals surface area (Å²) >= 11 is 5.21. The lowest BCUT2D eigenvalue weighted by atomic mass is 10.2. The summed E-state index contributed by atoms with van der Waals surface area (Å²) in [7, 11) is -3.47. The maximum Gasteiger partial charge on any atom is 0.243 e. The number of thiocarbonyl (C=S) groups is 1. The number of nitrogens with zero attached hydrogens (tertiary/aromatic N) is 2. The van der Waals surface area contributed by atoms with E-state index in [0.717, 1.165) is 32.1 Å². The van der Waals surface area contributed by atoms with E-state index >= 15 is 0 Å². The number of anilines is 1. The Kier molecular flexibility index (Phi) is 5.61. The van der Waals surface area contributed by atoms with Crippen LogP contribution in [0, 0.1) is 17.2 Å². The van der Waals surface area contributed by atoms with E-state index in [9.17, 15) is 18.8 Å². The Balaban J connectivity index is 1.72. The molecule has 1 saturated heterocycles. The number of allylic oxidation sites excluding steroid dienone is 1. The van der Waals surface area contributed by atoms with Crippen LogP contribution in [-0.4, -0.2) is 35.9 Å². The minimum atomic E-state index is -3.47. The van der Waals surface area contributed by atoms with Gasteiger partial charge in [-0.25, -0.2) is 8.42 Å².